The van der Waals surface area contributed by atoms with E-state index in [0.717, 1.165) is 5.56 Å². The van der Waals surface area contributed by atoms with Crippen molar-refractivity contribution in [3.8, 4) is 5.75 Å². The van der Waals surface area contributed by atoms with E-state index in [9.17, 15) is 9.90 Å². The topological polar surface area (TPSA) is 61.7 Å². The Morgan fingerprint density at radius 3 is 2.60 bits per heavy atom. The maximum Gasteiger partial charge on any atom is 0.275 e. The quantitative estimate of drug-likeness (QED) is 0.654. The van der Waals surface area contributed by atoms with E-state index < -0.39 is 5.91 Å². The van der Waals surface area contributed by atoms with E-state index in [1.54, 1.807) is 30.3 Å². The van der Waals surface area contributed by atoms with Gasteiger partial charge in [-0.3, -0.25) is 4.79 Å². The van der Waals surface area contributed by atoms with Gasteiger partial charge in [0.05, 0.1) is 11.8 Å². The van der Waals surface area contributed by atoms with Gasteiger partial charge in [-0.2, -0.15) is 5.10 Å². The van der Waals surface area contributed by atoms with Gasteiger partial charge in [0.15, 0.2) is 0 Å². The maximum atomic E-state index is 11.8. The number of nitrogens with one attached hydrogen (secondary N) is 1. The third-order valence-electron chi connectivity index (χ3n) is 2.45. The first kappa shape index (κ1) is 14.6. The van der Waals surface area contributed by atoms with Crippen LogP contribution in [0.4, 0.5) is 0 Å². The van der Waals surface area contributed by atoms with Crippen LogP contribution in [0.5, 0.6) is 5.75 Å². The molecular formula is C14H10BrClN2O2. The minimum atomic E-state index is -0.486. The van der Waals surface area contributed by atoms with Crippen LogP contribution in [0.1, 0.15) is 15.9 Å². The van der Waals surface area contributed by atoms with Crippen LogP contribution in [0, 0.1) is 0 Å². The normalized spacial score (nSPS) is 10.7. The van der Waals surface area contributed by atoms with Gasteiger partial charge < -0.3 is 5.11 Å². The number of rotatable bonds is 3. The maximum absolute atomic E-state index is 11.8. The predicted molar refractivity (Wildman–Crippen MR) is 82.3 cm³/mol. The summed E-state index contributed by atoms with van der Waals surface area (Å²) in [4.78, 5) is 11.8. The van der Waals surface area contributed by atoms with Crippen LogP contribution in [-0.4, -0.2) is 17.2 Å². The van der Waals surface area contributed by atoms with Gasteiger partial charge in [-0.05, 0) is 35.9 Å². The van der Waals surface area contributed by atoms with Crippen molar-refractivity contribution in [1.29, 1.82) is 0 Å². The molecule has 0 aliphatic rings. The number of hydrogen-bond acceptors (Lipinski definition) is 3. The van der Waals surface area contributed by atoms with Crippen LogP contribution >= 0.6 is 27.5 Å². The molecule has 102 valence electrons. The molecule has 2 aromatic rings. The molecule has 0 aliphatic heterocycles. The summed E-state index contributed by atoms with van der Waals surface area (Å²) in [5.41, 5.74) is 3.30. The second-order valence-electron chi connectivity index (χ2n) is 3.91. The lowest BCUT2D eigenvalue weighted by Gasteiger charge is -2.03. The number of phenolic OH excluding ortho intramolecular Hbond substituents is 1. The van der Waals surface area contributed by atoms with Crippen LogP contribution in [-0.2, 0) is 0 Å². The molecule has 0 radical (unpaired) electrons. The molecule has 2 N–H and O–H groups in total. The fraction of sp³-hybridized carbons (Fsp3) is 0. The largest absolute Gasteiger partial charge is 0.507 e. The van der Waals surface area contributed by atoms with E-state index >= 15 is 0 Å². The molecule has 0 bridgehead atoms. The number of hydrogen-bond donors (Lipinski definition) is 2. The summed E-state index contributed by atoms with van der Waals surface area (Å²) < 4.78 is 0.691. The van der Waals surface area contributed by atoms with Crippen molar-refractivity contribution >= 4 is 39.7 Å². The zero-order valence-electron chi connectivity index (χ0n) is 10.2. The lowest BCUT2D eigenvalue weighted by molar-refractivity contribution is 0.0952. The predicted octanol–water partition coefficient (Wildman–Crippen LogP) is 3.57. The Hall–Kier alpha value is -1.85. The lowest BCUT2D eigenvalue weighted by atomic mass is 10.2. The summed E-state index contributed by atoms with van der Waals surface area (Å²) in [5.74, 6) is -0.598. The Labute approximate surface area is 129 Å². The van der Waals surface area contributed by atoms with Gasteiger partial charge in [-0.15, -0.1) is 0 Å². The van der Waals surface area contributed by atoms with Crippen molar-refractivity contribution in [2.45, 2.75) is 0 Å². The number of hydrazone groups is 1. The van der Waals surface area contributed by atoms with Gasteiger partial charge in [-0.1, -0.05) is 39.7 Å². The average molecular weight is 354 g/mol. The minimum absolute atomic E-state index is 0.112. The van der Waals surface area contributed by atoms with E-state index in [1.165, 1.54) is 18.3 Å². The summed E-state index contributed by atoms with van der Waals surface area (Å²) in [6.07, 6.45) is 1.49. The van der Waals surface area contributed by atoms with Gasteiger partial charge in [0.2, 0.25) is 0 Å². The minimum Gasteiger partial charge on any atom is -0.507 e. The summed E-state index contributed by atoms with van der Waals surface area (Å²) in [5, 5.41) is 14.1. The molecule has 20 heavy (non-hydrogen) atoms. The Balaban J connectivity index is 2.03. The van der Waals surface area contributed by atoms with Crippen molar-refractivity contribution in [1.82, 2.24) is 5.43 Å². The monoisotopic (exact) mass is 352 g/mol. The number of phenols is 1. The van der Waals surface area contributed by atoms with E-state index in [-0.39, 0.29) is 11.3 Å². The summed E-state index contributed by atoms with van der Waals surface area (Å²) in [6, 6.07) is 11.6. The van der Waals surface area contributed by atoms with Crippen molar-refractivity contribution in [3.05, 3.63) is 63.1 Å². The number of carbonyl (C=O) groups is 1. The Bertz CT molecular complexity index is 657. The van der Waals surface area contributed by atoms with Crippen LogP contribution in [0.25, 0.3) is 0 Å². The summed E-state index contributed by atoms with van der Waals surface area (Å²) >= 11 is 8.96. The van der Waals surface area contributed by atoms with Crippen LogP contribution in [0.3, 0.4) is 0 Å². The second-order valence-corrected chi connectivity index (χ2v) is 5.26. The number of amides is 1. The highest BCUT2D eigenvalue weighted by Gasteiger charge is 2.09. The van der Waals surface area contributed by atoms with E-state index in [1.807, 2.05) is 0 Å². The fourth-order valence-electron chi connectivity index (χ4n) is 1.47. The average Bonchev–Trinajstić information content (AvgIpc) is 2.41. The summed E-state index contributed by atoms with van der Waals surface area (Å²) in [7, 11) is 0. The van der Waals surface area contributed by atoms with Gasteiger partial charge in [-0.25, -0.2) is 5.43 Å². The molecule has 1 amide bonds. The molecule has 0 unspecified atom stereocenters. The molecule has 0 heterocycles. The van der Waals surface area contributed by atoms with Gasteiger partial charge in [0.25, 0.3) is 5.91 Å². The van der Waals surface area contributed by atoms with Crippen molar-refractivity contribution in [3.63, 3.8) is 0 Å². The van der Waals surface area contributed by atoms with E-state index in [2.05, 4.69) is 26.5 Å². The second kappa shape index (κ2) is 6.54. The molecule has 4 nitrogen and oxygen atoms in total. The first-order chi connectivity index (χ1) is 9.56. The van der Waals surface area contributed by atoms with Crippen molar-refractivity contribution < 1.29 is 9.90 Å². The van der Waals surface area contributed by atoms with Crippen LogP contribution < -0.4 is 5.43 Å². The van der Waals surface area contributed by atoms with E-state index in [0.29, 0.717) is 9.50 Å². The molecule has 0 aliphatic carbocycles. The van der Waals surface area contributed by atoms with Gasteiger partial charge in [0.1, 0.15) is 5.75 Å². The third kappa shape index (κ3) is 3.82. The molecule has 0 saturated carbocycles. The smallest absolute Gasteiger partial charge is 0.275 e. The van der Waals surface area contributed by atoms with Crippen LogP contribution in [0.2, 0.25) is 5.02 Å². The Kier molecular flexibility index (Phi) is 4.76. The number of halogens is 2. The molecule has 2 rings (SSSR count). The zero-order chi connectivity index (χ0) is 14.5. The molecule has 2 aromatic carbocycles. The first-order valence-electron chi connectivity index (χ1n) is 5.64. The SMILES string of the molecule is O=C(NN=Cc1ccc(Cl)cc1)c1ccc(Br)cc1O. The molecule has 0 saturated heterocycles. The Morgan fingerprint density at radius 2 is 1.95 bits per heavy atom. The summed E-state index contributed by atoms with van der Waals surface area (Å²) in [6.45, 7) is 0. The van der Waals surface area contributed by atoms with Crippen molar-refractivity contribution in [2.24, 2.45) is 5.10 Å². The van der Waals surface area contributed by atoms with Crippen molar-refractivity contribution in [2.75, 3.05) is 0 Å². The van der Waals surface area contributed by atoms with Crippen LogP contribution in [0.15, 0.2) is 52.0 Å². The molecule has 0 fully saturated rings. The molecule has 0 aromatic heterocycles. The molecular weight excluding hydrogens is 344 g/mol. The number of nitrogens with zero attached hydrogens (tertiary/aromatic N) is 1. The fourth-order valence-corrected chi connectivity index (χ4v) is 1.95. The highest BCUT2D eigenvalue weighted by molar-refractivity contribution is 9.10. The van der Waals surface area contributed by atoms with Gasteiger partial charge in [0, 0.05) is 9.50 Å². The highest BCUT2D eigenvalue weighted by Crippen LogP contribution is 2.22. The first-order valence-corrected chi connectivity index (χ1v) is 6.81. The lowest BCUT2D eigenvalue weighted by Crippen LogP contribution is -2.17. The molecule has 0 atom stereocenters. The zero-order valence-corrected chi connectivity index (χ0v) is 12.5. The number of benzene rings is 2. The number of aromatic hydroxyl groups is 1. The third-order valence-corrected chi connectivity index (χ3v) is 3.20. The van der Waals surface area contributed by atoms with Gasteiger partial charge >= 0.3 is 0 Å². The molecule has 0 spiro atoms. The highest BCUT2D eigenvalue weighted by atomic mass is 79.9. The number of carbonyl (C=O) groups excluding carboxylic acids is 1. The molecule has 6 heteroatoms. The standard InChI is InChI=1S/C14H10BrClN2O2/c15-10-3-6-12(13(19)7-10)14(20)18-17-8-9-1-4-11(16)5-2-9/h1-8,19H,(H,18,20). The Morgan fingerprint density at radius 1 is 1.25 bits per heavy atom. The van der Waals surface area contributed by atoms with E-state index in [4.69, 9.17) is 11.6 Å².